The summed E-state index contributed by atoms with van der Waals surface area (Å²) in [5.41, 5.74) is 0. The average molecular weight is 231 g/mol. The van der Waals surface area contributed by atoms with Crippen molar-refractivity contribution in [1.29, 1.82) is 0 Å². The van der Waals surface area contributed by atoms with Crippen molar-refractivity contribution >= 4 is 0 Å². The Morgan fingerprint density at radius 1 is 1.31 bits per heavy atom. The van der Waals surface area contributed by atoms with Crippen molar-refractivity contribution in [2.24, 2.45) is 5.92 Å². The Labute approximate surface area is 96.2 Å². The molecular weight excluding hydrogens is 210 g/mol. The van der Waals surface area contributed by atoms with E-state index in [2.05, 4.69) is 0 Å². The highest BCUT2D eigenvalue weighted by atomic mass is 16.7. The molecule has 1 spiro atoms. The molecule has 0 aromatic heterocycles. The fourth-order valence-corrected chi connectivity index (χ4v) is 2.57. The van der Waals surface area contributed by atoms with E-state index < -0.39 is 6.23 Å². The molecule has 0 bridgehead atoms. The van der Waals surface area contributed by atoms with Crippen molar-refractivity contribution in [2.45, 2.75) is 37.7 Å². The summed E-state index contributed by atoms with van der Waals surface area (Å²) < 4.78 is 11.3. The van der Waals surface area contributed by atoms with Crippen molar-refractivity contribution in [2.75, 3.05) is 27.4 Å². The quantitative estimate of drug-likeness (QED) is 0.573. The van der Waals surface area contributed by atoms with Gasteiger partial charge in [-0.3, -0.25) is 0 Å². The lowest BCUT2D eigenvalue weighted by Crippen LogP contribution is -2.43. The van der Waals surface area contributed by atoms with E-state index >= 15 is 0 Å². The van der Waals surface area contributed by atoms with Crippen LogP contribution in [0.1, 0.15) is 25.7 Å². The first-order chi connectivity index (χ1) is 7.67. The first kappa shape index (κ1) is 12.3. The molecule has 1 saturated carbocycles. The third kappa shape index (κ3) is 2.38. The van der Waals surface area contributed by atoms with Crippen LogP contribution in [0.15, 0.2) is 0 Å². The number of aliphatic hydroxyl groups excluding tert-OH is 1. The molecule has 5 heteroatoms. The maximum Gasteiger partial charge on any atom is 0.168 e. The first-order valence-electron chi connectivity index (χ1n) is 5.90. The second-order valence-electron chi connectivity index (χ2n) is 4.59. The molecule has 16 heavy (non-hydrogen) atoms. The minimum Gasteiger partial charge on any atom is -0.376 e. The van der Waals surface area contributed by atoms with Crippen LogP contribution in [-0.4, -0.2) is 49.6 Å². The summed E-state index contributed by atoms with van der Waals surface area (Å²) in [6.07, 6.45) is 3.02. The highest BCUT2D eigenvalue weighted by molar-refractivity contribution is 4.84. The number of ether oxygens (including phenoxy) is 2. The molecular formula is C11H21NO4. The minimum atomic E-state index is -0.538. The van der Waals surface area contributed by atoms with Crippen LogP contribution >= 0.6 is 0 Å². The maximum absolute atomic E-state index is 9.99. The van der Waals surface area contributed by atoms with Crippen LogP contribution in [0.25, 0.3) is 0 Å². The van der Waals surface area contributed by atoms with E-state index in [1.54, 1.807) is 14.2 Å². The molecule has 1 aliphatic heterocycles. The van der Waals surface area contributed by atoms with Crippen molar-refractivity contribution in [3.05, 3.63) is 0 Å². The van der Waals surface area contributed by atoms with Crippen LogP contribution < -0.4 is 0 Å². The first-order valence-corrected chi connectivity index (χ1v) is 5.90. The average Bonchev–Trinajstić information content (AvgIpc) is 2.77. The van der Waals surface area contributed by atoms with Gasteiger partial charge in [-0.1, -0.05) is 0 Å². The van der Waals surface area contributed by atoms with Crippen LogP contribution in [0.3, 0.4) is 0 Å². The second kappa shape index (κ2) is 4.98. The summed E-state index contributed by atoms with van der Waals surface area (Å²) in [6, 6.07) is 0. The van der Waals surface area contributed by atoms with Gasteiger partial charge in [0.1, 0.15) is 6.23 Å². The zero-order valence-electron chi connectivity index (χ0n) is 10.0. The molecule has 1 unspecified atom stereocenters. The molecule has 1 N–H and O–H groups in total. The molecule has 2 rings (SSSR count). The van der Waals surface area contributed by atoms with Gasteiger partial charge in [-0.05, 0) is 12.8 Å². The topological polar surface area (TPSA) is 51.2 Å². The van der Waals surface area contributed by atoms with Crippen molar-refractivity contribution in [1.82, 2.24) is 5.06 Å². The second-order valence-corrected chi connectivity index (χ2v) is 4.59. The van der Waals surface area contributed by atoms with Crippen LogP contribution in [0, 0.1) is 5.92 Å². The zero-order valence-corrected chi connectivity index (χ0v) is 10.0. The molecule has 94 valence electrons. The van der Waals surface area contributed by atoms with E-state index in [4.69, 9.17) is 14.3 Å². The molecule has 0 aromatic carbocycles. The Hall–Kier alpha value is -0.200. The summed E-state index contributed by atoms with van der Waals surface area (Å²) in [4.78, 5) is 5.00. The highest BCUT2D eigenvalue weighted by Crippen LogP contribution is 2.39. The van der Waals surface area contributed by atoms with Gasteiger partial charge in [0.2, 0.25) is 0 Å². The van der Waals surface area contributed by atoms with E-state index in [9.17, 15) is 5.11 Å². The fraction of sp³-hybridized carbons (Fsp3) is 1.00. The molecule has 0 amide bonds. The van der Waals surface area contributed by atoms with Crippen LogP contribution in [0.2, 0.25) is 0 Å². The van der Waals surface area contributed by atoms with Gasteiger partial charge in [-0.25, -0.2) is 0 Å². The lowest BCUT2D eigenvalue weighted by atomic mass is 9.84. The van der Waals surface area contributed by atoms with Gasteiger partial charge in [0.25, 0.3) is 0 Å². The number of aliphatic hydroxyl groups is 1. The van der Waals surface area contributed by atoms with Gasteiger partial charge < -0.3 is 19.4 Å². The maximum atomic E-state index is 9.99. The molecule has 1 atom stereocenters. The van der Waals surface area contributed by atoms with E-state index in [1.165, 1.54) is 5.06 Å². The number of rotatable bonds is 3. The lowest BCUT2D eigenvalue weighted by molar-refractivity contribution is -0.239. The molecule has 1 saturated heterocycles. The predicted octanol–water partition coefficient (Wildman–Crippen LogP) is 0.731. The molecule has 1 heterocycles. The normalized spacial score (nSPS) is 27.8. The smallest absolute Gasteiger partial charge is 0.168 e. The largest absolute Gasteiger partial charge is 0.376 e. The summed E-state index contributed by atoms with van der Waals surface area (Å²) in [5, 5.41) is 11.5. The van der Waals surface area contributed by atoms with Gasteiger partial charge in [-0.2, -0.15) is 5.06 Å². The van der Waals surface area contributed by atoms with E-state index in [0.717, 1.165) is 25.7 Å². The summed E-state index contributed by atoms with van der Waals surface area (Å²) in [6.45, 7) is 1.40. The summed E-state index contributed by atoms with van der Waals surface area (Å²) >= 11 is 0. The van der Waals surface area contributed by atoms with E-state index in [-0.39, 0.29) is 11.7 Å². The third-order valence-corrected chi connectivity index (χ3v) is 3.69. The molecule has 1 aliphatic carbocycles. The Balaban J connectivity index is 1.84. The van der Waals surface area contributed by atoms with Crippen LogP contribution in [-0.2, 0) is 14.3 Å². The molecule has 2 fully saturated rings. The van der Waals surface area contributed by atoms with E-state index in [1.807, 2.05) is 0 Å². The summed E-state index contributed by atoms with van der Waals surface area (Å²) in [7, 11) is 3.31. The van der Waals surface area contributed by atoms with Gasteiger partial charge in [0, 0.05) is 25.8 Å². The number of nitrogens with zero attached hydrogens (tertiary/aromatic N) is 1. The monoisotopic (exact) mass is 231 g/mol. The fourth-order valence-electron chi connectivity index (χ4n) is 2.57. The Morgan fingerprint density at radius 2 is 1.88 bits per heavy atom. The van der Waals surface area contributed by atoms with E-state index in [0.29, 0.717) is 13.2 Å². The highest BCUT2D eigenvalue weighted by Gasteiger charge is 2.42. The summed E-state index contributed by atoms with van der Waals surface area (Å²) in [5.74, 6) is -0.106. The van der Waals surface area contributed by atoms with Gasteiger partial charge >= 0.3 is 0 Å². The molecule has 2 aliphatic rings. The van der Waals surface area contributed by atoms with Crippen LogP contribution in [0.4, 0.5) is 0 Å². The van der Waals surface area contributed by atoms with Gasteiger partial charge in [0.15, 0.2) is 5.79 Å². The van der Waals surface area contributed by atoms with Crippen molar-refractivity contribution in [3.63, 3.8) is 0 Å². The number of hydroxylamine groups is 2. The van der Waals surface area contributed by atoms with Gasteiger partial charge in [0.05, 0.1) is 20.3 Å². The molecule has 0 aromatic rings. The van der Waals surface area contributed by atoms with Crippen LogP contribution in [0.5, 0.6) is 0 Å². The third-order valence-electron chi connectivity index (χ3n) is 3.69. The Morgan fingerprint density at radius 3 is 2.38 bits per heavy atom. The lowest BCUT2D eigenvalue weighted by Gasteiger charge is -2.38. The van der Waals surface area contributed by atoms with Crippen molar-refractivity contribution < 1.29 is 19.4 Å². The SMILES string of the molecule is CON(C)C(O)C1CCC2(CC1)OCCO2. The minimum absolute atomic E-state index is 0.239. The Kier molecular flexibility index (Phi) is 3.81. The molecule has 5 nitrogen and oxygen atoms in total. The number of hydrogen-bond donors (Lipinski definition) is 1. The standard InChI is InChI=1S/C11H21NO4/c1-12(14-2)10(13)9-3-5-11(6-4-9)15-7-8-16-11/h9-10,13H,3-8H2,1-2H3. The molecule has 0 radical (unpaired) electrons. The predicted molar refractivity (Wildman–Crippen MR) is 57.4 cm³/mol. The zero-order chi connectivity index (χ0) is 11.6. The Bertz CT molecular complexity index is 220. The van der Waals surface area contributed by atoms with Crippen molar-refractivity contribution in [3.8, 4) is 0 Å². The van der Waals surface area contributed by atoms with Gasteiger partial charge in [-0.15, -0.1) is 0 Å². The number of hydrogen-bond acceptors (Lipinski definition) is 5.